The molecule has 1 aromatic rings. The SMILES string of the molecule is O=C1C(=NO)c2c(Cl)cccc2N1Cl. The number of carbonyl (C=O) groups is 1. The van der Waals surface area contributed by atoms with Crippen molar-refractivity contribution < 1.29 is 10.0 Å². The maximum atomic E-state index is 11.4. The molecule has 6 heteroatoms. The summed E-state index contributed by atoms with van der Waals surface area (Å²) in [6, 6.07) is 4.86. The summed E-state index contributed by atoms with van der Waals surface area (Å²) in [5.41, 5.74) is 0.647. The number of hydrogen-bond donors (Lipinski definition) is 1. The number of amides is 1. The van der Waals surface area contributed by atoms with E-state index in [1.807, 2.05) is 0 Å². The van der Waals surface area contributed by atoms with Gasteiger partial charge in [-0.2, -0.15) is 0 Å². The molecule has 2 rings (SSSR count). The lowest BCUT2D eigenvalue weighted by Gasteiger charge is -2.04. The van der Waals surface area contributed by atoms with Gasteiger partial charge in [-0.25, -0.2) is 4.42 Å². The molecular weight excluding hydrogens is 227 g/mol. The van der Waals surface area contributed by atoms with Crippen LogP contribution in [0.1, 0.15) is 5.56 Å². The van der Waals surface area contributed by atoms with Crippen LogP contribution in [0.2, 0.25) is 5.02 Å². The number of anilines is 1. The smallest absolute Gasteiger partial charge is 0.295 e. The molecule has 0 unspecified atom stereocenters. The highest BCUT2D eigenvalue weighted by atomic mass is 35.5. The summed E-state index contributed by atoms with van der Waals surface area (Å²) in [4.78, 5) is 11.4. The van der Waals surface area contributed by atoms with Crippen molar-refractivity contribution >= 4 is 40.7 Å². The lowest BCUT2D eigenvalue weighted by Crippen LogP contribution is -2.20. The first kappa shape index (κ1) is 9.30. The fourth-order valence-corrected chi connectivity index (χ4v) is 1.79. The molecule has 1 aliphatic rings. The van der Waals surface area contributed by atoms with Crippen LogP contribution in [0, 0.1) is 0 Å². The second-order valence-electron chi connectivity index (χ2n) is 2.67. The summed E-state index contributed by atoms with van der Waals surface area (Å²) in [6.07, 6.45) is 0. The molecule has 1 amide bonds. The van der Waals surface area contributed by atoms with E-state index in [0.717, 1.165) is 4.42 Å². The average molecular weight is 231 g/mol. The molecule has 0 atom stereocenters. The summed E-state index contributed by atoms with van der Waals surface area (Å²) in [7, 11) is 0. The summed E-state index contributed by atoms with van der Waals surface area (Å²) >= 11 is 11.5. The van der Waals surface area contributed by atoms with E-state index in [4.69, 9.17) is 28.6 Å². The standard InChI is InChI=1S/C8H4Cl2N2O2/c9-4-2-1-3-5-6(4)7(11-14)8(13)12(5)10/h1-3,14H. The van der Waals surface area contributed by atoms with Crippen LogP contribution in [-0.2, 0) is 4.79 Å². The quantitative estimate of drug-likeness (QED) is 0.421. The molecule has 1 N–H and O–H groups in total. The fraction of sp³-hybridized carbons (Fsp3) is 0. The number of benzene rings is 1. The van der Waals surface area contributed by atoms with Crippen LogP contribution in [0.25, 0.3) is 0 Å². The molecule has 0 aromatic heterocycles. The molecule has 14 heavy (non-hydrogen) atoms. The maximum absolute atomic E-state index is 11.4. The van der Waals surface area contributed by atoms with E-state index >= 15 is 0 Å². The highest BCUT2D eigenvalue weighted by Gasteiger charge is 2.35. The Labute approximate surface area is 89.4 Å². The number of fused-ring (bicyclic) bond motifs is 1. The Kier molecular flexibility index (Phi) is 2.09. The van der Waals surface area contributed by atoms with Gasteiger partial charge in [-0.05, 0) is 12.1 Å². The van der Waals surface area contributed by atoms with Gasteiger partial charge in [-0.3, -0.25) is 4.79 Å². The van der Waals surface area contributed by atoms with Gasteiger partial charge in [-0.1, -0.05) is 22.8 Å². The zero-order valence-corrected chi connectivity index (χ0v) is 8.25. The molecule has 0 radical (unpaired) electrons. The van der Waals surface area contributed by atoms with Crippen LogP contribution in [0.3, 0.4) is 0 Å². The Morgan fingerprint density at radius 1 is 1.43 bits per heavy atom. The number of nitrogens with zero attached hydrogens (tertiary/aromatic N) is 2. The van der Waals surface area contributed by atoms with Crippen LogP contribution in [0.5, 0.6) is 0 Å². The third kappa shape index (κ3) is 1.08. The number of halogens is 2. The first-order valence-electron chi connectivity index (χ1n) is 3.68. The maximum Gasteiger partial charge on any atom is 0.295 e. The van der Waals surface area contributed by atoms with E-state index in [1.165, 1.54) is 0 Å². The zero-order valence-electron chi connectivity index (χ0n) is 6.74. The van der Waals surface area contributed by atoms with Crippen molar-refractivity contribution in [2.45, 2.75) is 0 Å². The Morgan fingerprint density at radius 3 is 2.79 bits per heavy atom. The van der Waals surface area contributed by atoms with E-state index in [9.17, 15) is 4.79 Å². The van der Waals surface area contributed by atoms with Crippen molar-refractivity contribution in [2.24, 2.45) is 5.16 Å². The van der Waals surface area contributed by atoms with Gasteiger partial charge in [0.25, 0.3) is 5.91 Å². The van der Waals surface area contributed by atoms with E-state index < -0.39 is 5.91 Å². The molecule has 1 aliphatic heterocycles. The van der Waals surface area contributed by atoms with Crippen LogP contribution >= 0.6 is 23.4 Å². The van der Waals surface area contributed by atoms with Gasteiger partial charge in [0.05, 0.1) is 16.3 Å². The molecule has 72 valence electrons. The number of rotatable bonds is 0. The van der Waals surface area contributed by atoms with Crippen molar-refractivity contribution in [2.75, 3.05) is 4.42 Å². The molecule has 4 nitrogen and oxygen atoms in total. The van der Waals surface area contributed by atoms with E-state index in [-0.39, 0.29) is 5.71 Å². The molecule has 1 aromatic carbocycles. The van der Waals surface area contributed by atoms with Gasteiger partial charge in [0.1, 0.15) is 0 Å². The molecule has 1 heterocycles. The summed E-state index contributed by atoms with van der Waals surface area (Å²) in [5.74, 6) is -0.586. The summed E-state index contributed by atoms with van der Waals surface area (Å²) < 4.78 is 0.871. The number of carbonyl (C=O) groups excluding carboxylic acids is 1. The van der Waals surface area contributed by atoms with Crippen molar-refractivity contribution in [1.82, 2.24) is 0 Å². The molecule has 0 bridgehead atoms. The van der Waals surface area contributed by atoms with Gasteiger partial charge in [-0.15, -0.1) is 0 Å². The number of oxime groups is 1. The average Bonchev–Trinajstić information content (AvgIpc) is 2.43. The molecule has 0 saturated heterocycles. The third-order valence-corrected chi connectivity index (χ3v) is 2.57. The first-order valence-corrected chi connectivity index (χ1v) is 4.39. The highest BCUT2D eigenvalue weighted by Crippen LogP contribution is 2.35. The third-order valence-electron chi connectivity index (χ3n) is 1.92. The zero-order chi connectivity index (χ0) is 10.3. The Balaban J connectivity index is 2.74. The Morgan fingerprint density at radius 2 is 2.14 bits per heavy atom. The van der Waals surface area contributed by atoms with Crippen LogP contribution in [-0.4, -0.2) is 16.8 Å². The molecule has 0 fully saturated rings. The predicted molar refractivity (Wildman–Crippen MR) is 53.1 cm³/mol. The Hall–Kier alpha value is -1.26. The summed E-state index contributed by atoms with van der Waals surface area (Å²) in [5, 5.41) is 11.9. The second kappa shape index (κ2) is 3.15. The normalized spacial score (nSPS) is 17.7. The van der Waals surface area contributed by atoms with E-state index in [1.54, 1.807) is 18.2 Å². The first-order chi connectivity index (χ1) is 6.66. The number of hydrogen-bond acceptors (Lipinski definition) is 3. The highest BCUT2D eigenvalue weighted by molar-refractivity contribution is 6.64. The van der Waals surface area contributed by atoms with Gasteiger partial charge in [0.15, 0.2) is 5.71 Å². The van der Waals surface area contributed by atoms with Crippen LogP contribution in [0.15, 0.2) is 23.4 Å². The predicted octanol–water partition coefficient (Wildman–Crippen LogP) is 2.02. The lowest BCUT2D eigenvalue weighted by atomic mass is 10.1. The fourth-order valence-electron chi connectivity index (χ4n) is 1.31. The second-order valence-corrected chi connectivity index (χ2v) is 3.41. The molecule has 0 aliphatic carbocycles. The van der Waals surface area contributed by atoms with Crippen molar-refractivity contribution in [1.29, 1.82) is 0 Å². The molecular formula is C8H4Cl2N2O2. The minimum Gasteiger partial charge on any atom is -0.410 e. The van der Waals surface area contributed by atoms with Crippen molar-refractivity contribution in [3.05, 3.63) is 28.8 Å². The molecule has 0 saturated carbocycles. The Bertz CT molecular complexity index is 445. The van der Waals surface area contributed by atoms with E-state index in [2.05, 4.69) is 5.16 Å². The summed E-state index contributed by atoms with van der Waals surface area (Å²) in [6.45, 7) is 0. The van der Waals surface area contributed by atoms with Gasteiger partial charge >= 0.3 is 0 Å². The minimum absolute atomic E-state index is 0.138. The van der Waals surface area contributed by atoms with Gasteiger partial charge < -0.3 is 5.21 Å². The van der Waals surface area contributed by atoms with Crippen molar-refractivity contribution in [3.8, 4) is 0 Å². The van der Waals surface area contributed by atoms with Gasteiger partial charge in [0, 0.05) is 11.8 Å². The van der Waals surface area contributed by atoms with Crippen molar-refractivity contribution in [3.63, 3.8) is 0 Å². The van der Waals surface area contributed by atoms with Gasteiger partial charge in [0.2, 0.25) is 0 Å². The van der Waals surface area contributed by atoms with E-state index in [0.29, 0.717) is 16.3 Å². The van der Waals surface area contributed by atoms with Crippen LogP contribution in [0.4, 0.5) is 5.69 Å². The molecule has 0 spiro atoms. The largest absolute Gasteiger partial charge is 0.410 e. The monoisotopic (exact) mass is 230 g/mol. The van der Waals surface area contributed by atoms with Crippen LogP contribution < -0.4 is 4.42 Å². The minimum atomic E-state index is -0.586. The lowest BCUT2D eigenvalue weighted by molar-refractivity contribution is -0.111. The topological polar surface area (TPSA) is 52.9 Å².